The topological polar surface area (TPSA) is 17.8 Å². The molecule has 1 heterocycles. The number of aryl methyl sites for hydroxylation is 2. The van der Waals surface area contributed by atoms with Gasteiger partial charge in [0, 0.05) is 29.1 Å². The van der Waals surface area contributed by atoms with E-state index in [0.717, 1.165) is 25.8 Å². The molecule has 3 aromatic rings. The highest BCUT2D eigenvalue weighted by Gasteiger charge is 2.14. The van der Waals surface area contributed by atoms with Crippen molar-refractivity contribution in [2.24, 2.45) is 0 Å². The lowest BCUT2D eigenvalue weighted by atomic mass is 10.1. The van der Waals surface area contributed by atoms with Gasteiger partial charge >= 0.3 is 0 Å². The Labute approximate surface area is 153 Å². The second kappa shape index (κ2) is 8.86. The van der Waals surface area contributed by atoms with Gasteiger partial charge in [0.1, 0.15) is 5.82 Å². The molecule has 0 spiro atoms. The number of hydrogen-bond acceptors (Lipinski definition) is 2. The van der Waals surface area contributed by atoms with Crippen LogP contribution >= 0.6 is 11.8 Å². The predicted molar refractivity (Wildman–Crippen MR) is 102 cm³/mol. The summed E-state index contributed by atoms with van der Waals surface area (Å²) < 4.78 is 15.2. The van der Waals surface area contributed by atoms with Crippen LogP contribution in [0.4, 0.5) is 4.39 Å². The summed E-state index contributed by atoms with van der Waals surface area (Å²) in [7, 11) is 0. The quantitative estimate of drug-likeness (QED) is 0.506. The minimum atomic E-state index is -0.176. The molecule has 2 nitrogen and oxygen atoms in total. The van der Waals surface area contributed by atoms with Gasteiger partial charge in [-0.05, 0) is 48.6 Å². The lowest BCUT2D eigenvalue weighted by Gasteiger charge is -2.19. The van der Waals surface area contributed by atoms with Crippen LogP contribution in [-0.2, 0) is 19.4 Å². The smallest absolute Gasteiger partial charge is 0.123 e. The minimum Gasteiger partial charge on any atom is -0.336 e. The Morgan fingerprint density at radius 1 is 1.12 bits per heavy atom. The van der Waals surface area contributed by atoms with E-state index in [0.29, 0.717) is 5.25 Å². The molecule has 0 aliphatic carbocycles. The summed E-state index contributed by atoms with van der Waals surface area (Å²) >= 11 is 1.94. The Morgan fingerprint density at radius 3 is 2.64 bits per heavy atom. The van der Waals surface area contributed by atoms with Gasteiger partial charge in [0.15, 0.2) is 0 Å². The average Bonchev–Trinajstić information content (AvgIpc) is 3.14. The number of rotatable bonds is 8. The van der Waals surface area contributed by atoms with E-state index in [4.69, 9.17) is 0 Å². The number of imidazole rings is 1. The van der Waals surface area contributed by atoms with Crippen LogP contribution < -0.4 is 0 Å². The van der Waals surface area contributed by atoms with Gasteiger partial charge in [-0.1, -0.05) is 37.3 Å². The molecule has 1 unspecified atom stereocenters. The Kier molecular flexibility index (Phi) is 6.29. The van der Waals surface area contributed by atoms with E-state index >= 15 is 0 Å². The van der Waals surface area contributed by atoms with E-state index in [9.17, 15) is 4.39 Å². The van der Waals surface area contributed by atoms with E-state index in [-0.39, 0.29) is 5.82 Å². The molecule has 1 atom stereocenters. The summed E-state index contributed by atoms with van der Waals surface area (Å²) in [6, 6.07) is 15.5. The molecular formula is C21H23FN2S. The predicted octanol–water partition coefficient (Wildman–Crippen LogP) is 5.38. The van der Waals surface area contributed by atoms with Gasteiger partial charge < -0.3 is 4.57 Å². The molecule has 25 heavy (non-hydrogen) atoms. The van der Waals surface area contributed by atoms with Gasteiger partial charge in [-0.2, -0.15) is 0 Å². The molecule has 0 aliphatic rings. The molecule has 0 bridgehead atoms. The van der Waals surface area contributed by atoms with Crippen LogP contribution in [0, 0.1) is 5.82 Å². The third-order valence-corrected chi connectivity index (χ3v) is 5.66. The van der Waals surface area contributed by atoms with E-state index in [1.165, 1.54) is 16.0 Å². The molecule has 1 aromatic heterocycles. The van der Waals surface area contributed by atoms with Crippen molar-refractivity contribution in [2.45, 2.75) is 42.9 Å². The van der Waals surface area contributed by atoms with Crippen LogP contribution in [0.25, 0.3) is 0 Å². The van der Waals surface area contributed by atoms with Gasteiger partial charge in [-0.15, -0.1) is 11.8 Å². The second-order valence-corrected chi connectivity index (χ2v) is 7.47. The summed E-state index contributed by atoms with van der Waals surface area (Å²) in [5.41, 5.74) is 2.58. The first-order chi connectivity index (χ1) is 12.2. The summed E-state index contributed by atoms with van der Waals surface area (Å²) in [6.45, 7) is 3.12. The first-order valence-electron chi connectivity index (χ1n) is 8.69. The number of thioether (sulfide) groups is 1. The molecule has 3 rings (SSSR count). The lowest BCUT2D eigenvalue weighted by molar-refractivity contribution is 0.617. The highest BCUT2D eigenvalue weighted by atomic mass is 32.2. The third kappa shape index (κ3) is 5.20. The molecular weight excluding hydrogens is 331 g/mol. The van der Waals surface area contributed by atoms with Gasteiger partial charge in [-0.3, -0.25) is 0 Å². The molecule has 0 saturated heterocycles. The van der Waals surface area contributed by atoms with Crippen LogP contribution in [0.15, 0.2) is 72.1 Å². The van der Waals surface area contributed by atoms with E-state index in [2.05, 4.69) is 40.7 Å². The van der Waals surface area contributed by atoms with Crippen molar-refractivity contribution < 1.29 is 4.39 Å². The summed E-state index contributed by atoms with van der Waals surface area (Å²) in [4.78, 5) is 5.51. The first-order valence-corrected chi connectivity index (χ1v) is 9.57. The normalized spacial score (nSPS) is 12.2. The fraction of sp³-hybridized carbons (Fsp3) is 0.286. The monoisotopic (exact) mass is 354 g/mol. The standard InChI is InChI=1S/C21H23FN2S/c1-2-18-5-3-4-6-21(18)25-20(15-24-14-13-23-16-24)12-9-17-7-10-19(22)11-8-17/h3-8,10-11,13-14,16,20H,2,9,12,15H2,1H3. The van der Waals surface area contributed by atoms with E-state index in [1.807, 2.05) is 42.6 Å². The minimum absolute atomic E-state index is 0.176. The van der Waals surface area contributed by atoms with Crippen molar-refractivity contribution in [3.8, 4) is 0 Å². The molecule has 2 aromatic carbocycles. The maximum absolute atomic E-state index is 13.1. The Morgan fingerprint density at radius 2 is 1.92 bits per heavy atom. The number of aromatic nitrogens is 2. The van der Waals surface area contributed by atoms with E-state index < -0.39 is 0 Å². The van der Waals surface area contributed by atoms with Crippen molar-refractivity contribution in [1.29, 1.82) is 0 Å². The van der Waals surface area contributed by atoms with Crippen molar-refractivity contribution in [3.63, 3.8) is 0 Å². The lowest BCUT2D eigenvalue weighted by Crippen LogP contribution is -2.13. The number of hydrogen-bond donors (Lipinski definition) is 0. The van der Waals surface area contributed by atoms with Crippen LogP contribution in [-0.4, -0.2) is 14.8 Å². The van der Waals surface area contributed by atoms with Crippen LogP contribution in [0.5, 0.6) is 0 Å². The zero-order valence-corrected chi connectivity index (χ0v) is 15.3. The fourth-order valence-corrected chi connectivity index (χ4v) is 4.25. The Balaban J connectivity index is 1.71. The largest absolute Gasteiger partial charge is 0.336 e. The maximum Gasteiger partial charge on any atom is 0.123 e. The Bertz CT molecular complexity index is 769. The van der Waals surface area contributed by atoms with Gasteiger partial charge in [-0.25, -0.2) is 9.37 Å². The SMILES string of the molecule is CCc1ccccc1SC(CCc1ccc(F)cc1)Cn1ccnc1. The molecule has 0 fully saturated rings. The summed E-state index contributed by atoms with van der Waals surface area (Å²) in [5.74, 6) is -0.176. The van der Waals surface area contributed by atoms with Gasteiger partial charge in [0.05, 0.1) is 6.33 Å². The first kappa shape index (κ1) is 17.7. The van der Waals surface area contributed by atoms with Crippen molar-refractivity contribution in [3.05, 3.63) is 84.2 Å². The molecule has 0 saturated carbocycles. The molecule has 0 N–H and O–H groups in total. The second-order valence-electron chi connectivity index (χ2n) is 6.13. The molecule has 4 heteroatoms. The number of halogens is 1. The summed E-state index contributed by atoms with van der Waals surface area (Å²) in [6.07, 6.45) is 8.72. The van der Waals surface area contributed by atoms with Crippen molar-refractivity contribution >= 4 is 11.8 Å². The van der Waals surface area contributed by atoms with Gasteiger partial charge in [0.2, 0.25) is 0 Å². The Hall–Kier alpha value is -2.07. The maximum atomic E-state index is 13.1. The molecule has 0 radical (unpaired) electrons. The van der Waals surface area contributed by atoms with Crippen molar-refractivity contribution in [1.82, 2.24) is 9.55 Å². The zero-order valence-electron chi connectivity index (χ0n) is 14.4. The zero-order chi connectivity index (χ0) is 17.5. The van der Waals surface area contributed by atoms with Crippen LogP contribution in [0.2, 0.25) is 0 Å². The molecule has 0 aliphatic heterocycles. The molecule has 0 amide bonds. The van der Waals surface area contributed by atoms with E-state index in [1.54, 1.807) is 12.1 Å². The molecule has 130 valence electrons. The fourth-order valence-electron chi connectivity index (χ4n) is 2.89. The number of benzene rings is 2. The highest BCUT2D eigenvalue weighted by molar-refractivity contribution is 8.00. The van der Waals surface area contributed by atoms with Crippen LogP contribution in [0.3, 0.4) is 0 Å². The van der Waals surface area contributed by atoms with Crippen molar-refractivity contribution in [2.75, 3.05) is 0 Å². The highest BCUT2D eigenvalue weighted by Crippen LogP contribution is 2.30. The number of nitrogens with zero attached hydrogens (tertiary/aromatic N) is 2. The van der Waals surface area contributed by atoms with Crippen LogP contribution in [0.1, 0.15) is 24.5 Å². The summed E-state index contributed by atoms with van der Waals surface area (Å²) in [5, 5.41) is 0.437. The third-order valence-electron chi connectivity index (χ3n) is 4.29. The van der Waals surface area contributed by atoms with Gasteiger partial charge in [0.25, 0.3) is 0 Å². The average molecular weight is 354 g/mol.